The summed E-state index contributed by atoms with van der Waals surface area (Å²) in [6.07, 6.45) is 2.47. The van der Waals surface area contributed by atoms with E-state index in [9.17, 15) is 9.90 Å². The van der Waals surface area contributed by atoms with Gasteiger partial charge in [0.05, 0.1) is 32.5 Å². The van der Waals surface area contributed by atoms with Gasteiger partial charge in [0.2, 0.25) is 0 Å². The number of hydrogen-bond acceptors (Lipinski definition) is 4. The number of benzene rings is 1. The minimum absolute atomic E-state index is 0.0243. The summed E-state index contributed by atoms with van der Waals surface area (Å²) in [5, 5.41) is 10.3. The first-order valence-corrected chi connectivity index (χ1v) is 8.75. The minimum atomic E-state index is -0.327. The first kappa shape index (κ1) is 17.2. The Bertz CT molecular complexity index is 592. The molecule has 1 heterocycles. The number of carbonyl (C=O) groups is 1. The third kappa shape index (κ3) is 3.15. The molecular formula is C19H27NO4. The first-order valence-electron chi connectivity index (χ1n) is 8.75. The van der Waals surface area contributed by atoms with Crippen molar-refractivity contribution < 1.29 is 19.4 Å². The van der Waals surface area contributed by atoms with Crippen molar-refractivity contribution in [2.45, 2.75) is 45.3 Å². The van der Waals surface area contributed by atoms with Gasteiger partial charge in [0.25, 0.3) is 5.91 Å². The zero-order chi connectivity index (χ0) is 17.3. The normalized spacial score (nSPS) is 27.3. The first-order chi connectivity index (χ1) is 11.5. The van der Waals surface area contributed by atoms with Crippen LogP contribution in [-0.2, 0) is 4.74 Å². The molecule has 1 aliphatic heterocycles. The molecule has 1 aromatic carbocycles. The Kier molecular flexibility index (Phi) is 5.11. The highest BCUT2D eigenvalue weighted by atomic mass is 16.5. The molecule has 1 aliphatic carbocycles. The van der Waals surface area contributed by atoms with Crippen molar-refractivity contribution in [1.29, 1.82) is 0 Å². The number of amides is 1. The lowest BCUT2D eigenvalue weighted by Crippen LogP contribution is -2.53. The second kappa shape index (κ2) is 7.11. The molecule has 1 aromatic rings. The zero-order valence-electron chi connectivity index (χ0n) is 14.7. The second-order valence-electron chi connectivity index (χ2n) is 6.95. The molecule has 1 saturated heterocycles. The van der Waals surface area contributed by atoms with Crippen molar-refractivity contribution in [2.75, 3.05) is 26.9 Å². The maximum atomic E-state index is 13.1. The predicted molar refractivity (Wildman–Crippen MR) is 91.5 cm³/mol. The smallest absolute Gasteiger partial charge is 0.254 e. The van der Waals surface area contributed by atoms with E-state index in [-0.39, 0.29) is 24.0 Å². The van der Waals surface area contributed by atoms with Gasteiger partial charge < -0.3 is 19.5 Å². The van der Waals surface area contributed by atoms with E-state index in [2.05, 4.69) is 0 Å². The predicted octanol–water partition coefficient (Wildman–Crippen LogP) is 2.31. The molecule has 1 N–H and O–H groups in total. The third-order valence-electron chi connectivity index (χ3n) is 5.36. The van der Waals surface area contributed by atoms with E-state index in [1.165, 1.54) is 0 Å². The summed E-state index contributed by atoms with van der Waals surface area (Å²) < 4.78 is 11.0. The summed E-state index contributed by atoms with van der Waals surface area (Å²) in [6, 6.07) is 3.75. The van der Waals surface area contributed by atoms with Crippen molar-refractivity contribution in [3.8, 4) is 5.75 Å². The van der Waals surface area contributed by atoms with Crippen LogP contribution in [0.25, 0.3) is 0 Å². The number of ether oxygens (including phenoxy) is 2. The average Bonchev–Trinajstić information content (AvgIpc) is 2.99. The Labute approximate surface area is 143 Å². The molecule has 3 rings (SSSR count). The highest BCUT2D eigenvalue weighted by molar-refractivity contribution is 5.95. The molecule has 0 aromatic heterocycles. The van der Waals surface area contributed by atoms with Gasteiger partial charge in [-0.1, -0.05) is 6.42 Å². The van der Waals surface area contributed by atoms with Crippen LogP contribution in [0.1, 0.15) is 40.7 Å². The van der Waals surface area contributed by atoms with E-state index in [1.54, 1.807) is 7.11 Å². The summed E-state index contributed by atoms with van der Waals surface area (Å²) in [5.74, 6) is 0.974. The SMILES string of the molecule is COc1c(C)cc(C(=O)N2CCOCC2C2CCCC2O)cc1C. The standard InChI is InChI=1S/C19H27NO4/c1-12-9-14(10-13(2)18(12)23-3)19(22)20-7-8-24-11-16(20)15-5-4-6-17(15)21/h9-10,15-17,21H,4-8,11H2,1-3H3. The molecule has 0 bridgehead atoms. The summed E-state index contributed by atoms with van der Waals surface area (Å²) >= 11 is 0. The van der Waals surface area contributed by atoms with Gasteiger partial charge in [0.15, 0.2) is 0 Å². The number of hydrogen-bond donors (Lipinski definition) is 1. The molecule has 5 heteroatoms. The highest BCUT2D eigenvalue weighted by Gasteiger charge is 2.39. The fourth-order valence-corrected chi connectivity index (χ4v) is 4.21. The van der Waals surface area contributed by atoms with Crippen LogP contribution in [0.15, 0.2) is 12.1 Å². The fraction of sp³-hybridized carbons (Fsp3) is 0.632. The fourth-order valence-electron chi connectivity index (χ4n) is 4.21. The molecule has 5 nitrogen and oxygen atoms in total. The van der Waals surface area contributed by atoms with Crippen LogP contribution >= 0.6 is 0 Å². The van der Waals surface area contributed by atoms with Crippen molar-refractivity contribution >= 4 is 5.91 Å². The number of carbonyl (C=O) groups excluding carboxylic acids is 1. The van der Waals surface area contributed by atoms with Gasteiger partial charge in [-0.15, -0.1) is 0 Å². The molecule has 1 amide bonds. The number of aryl methyl sites for hydroxylation is 2. The van der Waals surface area contributed by atoms with Crippen LogP contribution in [0.3, 0.4) is 0 Å². The molecule has 132 valence electrons. The van der Waals surface area contributed by atoms with Crippen LogP contribution in [0.5, 0.6) is 5.75 Å². The van der Waals surface area contributed by atoms with E-state index in [0.717, 1.165) is 36.1 Å². The van der Waals surface area contributed by atoms with Gasteiger partial charge in [-0.25, -0.2) is 0 Å². The Hall–Kier alpha value is -1.59. The molecule has 2 fully saturated rings. The molecular weight excluding hydrogens is 306 g/mol. The number of morpholine rings is 1. The lowest BCUT2D eigenvalue weighted by molar-refractivity contribution is -0.0383. The van der Waals surface area contributed by atoms with Crippen LogP contribution in [0.4, 0.5) is 0 Å². The van der Waals surface area contributed by atoms with Crippen LogP contribution in [0.2, 0.25) is 0 Å². The van der Waals surface area contributed by atoms with Crippen molar-refractivity contribution in [3.05, 3.63) is 28.8 Å². The summed E-state index contributed by atoms with van der Waals surface area (Å²) in [6.45, 7) is 5.57. The maximum absolute atomic E-state index is 13.1. The lowest BCUT2D eigenvalue weighted by atomic mass is 9.93. The average molecular weight is 333 g/mol. The summed E-state index contributed by atoms with van der Waals surface area (Å²) in [4.78, 5) is 15.0. The summed E-state index contributed by atoms with van der Waals surface area (Å²) in [5.41, 5.74) is 2.61. The number of methoxy groups -OCH3 is 1. The number of rotatable bonds is 3. The molecule has 1 saturated carbocycles. The molecule has 24 heavy (non-hydrogen) atoms. The molecule has 0 radical (unpaired) electrons. The van der Waals surface area contributed by atoms with Gasteiger partial charge in [-0.05, 0) is 49.9 Å². The Morgan fingerprint density at radius 3 is 2.58 bits per heavy atom. The van der Waals surface area contributed by atoms with Crippen LogP contribution in [0, 0.1) is 19.8 Å². The monoisotopic (exact) mass is 333 g/mol. The largest absolute Gasteiger partial charge is 0.496 e. The molecule has 2 aliphatic rings. The van der Waals surface area contributed by atoms with Crippen molar-refractivity contribution in [3.63, 3.8) is 0 Å². The van der Waals surface area contributed by atoms with E-state index in [0.29, 0.717) is 25.3 Å². The number of nitrogens with zero attached hydrogens (tertiary/aromatic N) is 1. The second-order valence-corrected chi connectivity index (χ2v) is 6.95. The lowest BCUT2D eigenvalue weighted by Gasteiger charge is -2.40. The van der Waals surface area contributed by atoms with E-state index in [1.807, 2.05) is 30.9 Å². The van der Waals surface area contributed by atoms with Crippen molar-refractivity contribution in [2.24, 2.45) is 5.92 Å². The van der Waals surface area contributed by atoms with Gasteiger partial charge in [0, 0.05) is 18.0 Å². The van der Waals surface area contributed by atoms with Gasteiger partial charge >= 0.3 is 0 Å². The van der Waals surface area contributed by atoms with Crippen molar-refractivity contribution in [1.82, 2.24) is 4.90 Å². The highest BCUT2D eigenvalue weighted by Crippen LogP contribution is 2.33. The molecule has 0 spiro atoms. The van der Waals surface area contributed by atoms with Gasteiger partial charge in [-0.3, -0.25) is 4.79 Å². The van der Waals surface area contributed by atoms with Crippen LogP contribution < -0.4 is 4.74 Å². The van der Waals surface area contributed by atoms with E-state index < -0.39 is 0 Å². The van der Waals surface area contributed by atoms with Crippen LogP contribution in [-0.4, -0.2) is 54.9 Å². The molecule has 3 unspecified atom stereocenters. The summed E-state index contributed by atoms with van der Waals surface area (Å²) in [7, 11) is 1.65. The number of aliphatic hydroxyl groups is 1. The Morgan fingerprint density at radius 2 is 2.00 bits per heavy atom. The van der Waals surface area contributed by atoms with Gasteiger partial charge in [0.1, 0.15) is 5.75 Å². The van der Waals surface area contributed by atoms with Gasteiger partial charge in [-0.2, -0.15) is 0 Å². The number of aliphatic hydroxyl groups excluding tert-OH is 1. The quantitative estimate of drug-likeness (QED) is 0.922. The topological polar surface area (TPSA) is 59.0 Å². The van der Waals surface area contributed by atoms with E-state index >= 15 is 0 Å². The minimum Gasteiger partial charge on any atom is -0.496 e. The Morgan fingerprint density at radius 1 is 1.29 bits per heavy atom. The molecule has 3 atom stereocenters. The maximum Gasteiger partial charge on any atom is 0.254 e. The van der Waals surface area contributed by atoms with E-state index in [4.69, 9.17) is 9.47 Å². The Balaban J connectivity index is 1.87. The zero-order valence-corrected chi connectivity index (χ0v) is 14.7. The third-order valence-corrected chi connectivity index (χ3v) is 5.36.